The Morgan fingerprint density at radius 3 is 2.14 bits per heavy atom. The standard InChI is InChI=1S/C9H14N2O.C6H7ClN2/c1-12-7-6-11-9-4-2-8(10)3-5-9;7-5-3-4(8)1-2-6(5)9/h2-5,11H,6-7,10H2,1H3;1-3H,8-9H2. The summed E-state index contributed by atoms with van der Waals surface area (Å²) in [6.45, 7) is 1.53. The highest BCUT2D eigenvalue weighted by Gasteiger charge is 1.92. The van der Waals surface area contributed by atoms with Gasteiger partial charge < -0.3 is 27.3 Å². The van der Waals surface area contributed by atoms with Gasteiger partial charge in [-0.05, 0) is 42.5 Å². The van der Waals surface area contributed by atoms with Gasteiger partial charge in [-0.3, -0.25) is 0 Å². The molecule has 0 amide bonds. The second-order valence-electron chi connectivity index (χ2n) is 4.32. The molecule has 0 saturated heterocycles. The van der Waals surface area contributed by atoms with Crippen molar-refractivity contribution in [1.82, 2.24) is 0 Å². The summed E-state index contributed by atoms with van der Waals surface area (Å²) in [4.78, 5) is 0. The minimum absolute atomic E-state index is 0.509. The van der Waals surface area contributed by atoms with Crippen LogP contribution in [0.15, 0.2) is 42.5 Å². The number of hydrogen-bond acceptors (Lipinski definition) is 5. The van der Waals surface area contributed by atoms with Gasteiger partial charge in [-0.2, -0.15) is 0 Å². The zero-order valence-electron chi connectivity index (χ0n) is 12.0. The third-order valence-electron chi connectivity index (χ3n) is 2.57. The Labute approximate surface area is 130 Å². The van der Waals surface area contributed by atoms with E-state index >= 15 is 0 Å². The Hall–Kier alpha value is -2.11. The minimum Gasteiger partial charge on any atom is -0.399 e. The van der Waals surface area contributed by atoms with Gasteiger partial charge in [0.15, 0.2) is 0 Å². The maximum Gasteiger partial charge on any atom is 0.0655 e. The van der Waals surface area contributed by atoms with Crippen molar-refractivity contribution in [2.45, 2.75) is 0 Å². The lowest BCUT2D eigenvalue weighted by atomic mass is 10.3. The van der Waals surface area contributed by atoms with Crippen LogP contribution in [0.2, 0.25) is 5.02 Å². The molecule has 0 spiro atoms. The number of benzene rings is 2. The molecule has 2 aromatic carbocycles. The van der Waals surface area contributed by atoms with Crippen molar-refractivity contribution < 1.29 is 4.74 Å². The Kier molecular flexibility index (Phi) is 7.21. The van der Waals surface area contributed by atoms with Crippen molar-refractivity contribution >= 4 is 34.4 Å². The van der Waals surface area contributed by atoms with Crippen LogP contribution in [0.25, 0.3) is 0 Å². The molecule has 2 aromatic rings. The fourth-order valence-corrected chi connectivity index (χ4v) is 1.63. The summed E-state index contributed by atoms with van der Waals surface area (Å²) >= 11 is 5.61. The molecule has 0 aromatic heterocycles. The number of hydrogen-bond donors (Lipinski definition) is 4. The summed E-state index contributed by atoms with van der Waals surface area (Å²) in [7, 11) is 1.69. The molecule has 0 unspecified atom stereocenters. The van der Waals surface area contributed by atoms with Crippen LogP contribution >= 0.6 is 11.6 Å². The van der Waals surface area contributed by atoms with Crippen molar-refractivity contribution in [3.8, 4) is 0 Å². The molecule has 0 aliphatic rings. The lowest BCUT2D eigenvalue weighted by molar-refractivity contribution is 0.211. The predicted molar refractivity (Wildman–Crippen MR) is 91.5 cm³/mol. The largest absolute Gasteiger partial charge is 0.399 e. The van der Waals surface area contributed by atoms with Gasteiger partial charge in [-0.25, -0.2) is 0 Å². The highest BCUT2D eigenvalue weighted by molar-refractivity contribution is 6.33. The fourth-order valence-electron chi connectivity index (χ4n) is 1.44. The SMILES string of the molecule is COCCNc1ccc(N)cc1.Nc1ccc(N)c(Cl)c1. The van der Waals surface area contributed by atoms with Gasteiger partial charge in [0.05, 0.1) is 17.3 Å². The molecule has 0 atom stereocenters. The maximum atomic E-state index is 5.61. The molecule has 0 aliphatic heterocycles. The summed E-state index contributed by atoms with van der Waals surface area (Å²) in [5.74, 6) is 0. The highest BCUT2D eigenvalue weighted by atomic mass is 35.5. The van der Waals surface area contributed by atoms with E-state index in [-0.39, 0.29) is 0 Å². The molecule has 114 valence electrons. The van der Waals surface area contributed by atoms with Crippen LogP contribution in [0.3, 0.4) is 0 Å². The van der Waals surface area contributed by atoms with E-state index in [0.29, 0.717) is 23.0 Å². The van der Waals surface area contributed by atoms with Gasteiger partial charge in [0, 0.05) is 30.7 Å². The van der Waals surface area contributed by atoms with Crippen LogP contribution in [-0.2, 0) is 4.74 Å². The molecule has 0 radical (unpaired) electrons. The van der Waals surface area contributed by atoms with Gasteiger partial charge in [-0.1, -0.05) is 11.6 Å². The first-order valence-corrected chi connectivity index (χ1v) is 6.79. The van der Waals surface area contributed by atoms with E-state index < -0.39 is 0 Å². The van der Waals surface area contributed by atoms with E-state index in [1.165, 1.54) is 0 Å². The number of anilines is 4. The molecule has 0 fully saturated rings. The average Bonchev–Trinajstić information content (AvgIpc) is 2.46. The smallest absolute Gasteiger partial charge is 0.0655 e. The van der Waals surface area contributed by atoms with Crippen molar-refractivity contribution in [2.75, 3.05) is 42.8 Å². The maximum absolute atomic E-state index is 5.61. The number of nitrogen functional groups attached to an aromatic ring is 3. The molecular weight excluding hydrogens is 288 g/mol. The van der Waals surface area contributed by atoms with Gasteiger partial charge in [-0.15, -0.1) is 0 Å². The zero-order valence-corrected chi connectivity index (χ0v) is 12.7. The second kappa shape index (κ2) is 8.94. The van der Waals surface area contributed by atoms with Crippen molar-refractivity contribution in [2.24, 2.45) is 0 Å². The Bertz CT molecular complexity index is 546. The number of methoxy groups -OCH3 is 1. The first-order valence-electron chi connectivity index (χ1n) is 6.41. The molecule has 0 bridgehead atoms. The van der Waals surface area contributed by atoms with Crippen LogP contribution in [0.1, 0.15) is 0 Å². The first kappa shape index (κ1) is 16.9. The first-order chi connectivity index (χ1) is 10.0. The molecule has 0 heterocycles. The van der Waals surface area contributed by atoms with E-state index in [1.807, 2.05) is 24.3 Å². The summed E-state index contributed by atoms with van der Waals surface area (Å²) in [6, 6.07) is 12.6. The highest BCUT2D eigenvalue weighted by Crippen LogP contribution is 2.20. The van der Waals surface area contributed by atoms with Crippen LogP contribution < -0.4 is 22.5 Å². The topological polar surface area (TPSA) is 99.3 Å². The minimum atomic E-state index is 0.509. The summed E-state index contributed by atoms with van der Waals surface area (Å²) in [6.07, 6.45) is 0. The number of nitrogens with two attached hydrogens (primary N) is 3. The molecule has 5 nitrogen and oxygen atoms in total. The fraction of sp³-hybridized carbons (Fsp3) is 0.200. The lowest BCUT2D eigenvalue weighted by Gasteiger charge is -2.04. The van der Waals surface area contributed by atoms with E-state index in [2.05, 4.69) is 5.32 Å². The summed E-state index contributed by atoms with van der Waals surface area (Å²) in [5, 5.41) is 3.70. The molecule has 7 N–H and O–H groups in total. The third kappa shape index (κ3) is 6.74. The number of rotatable bonds is 4. The predicted octanol–water partition coefficient (Wildman–Crippen LogP) is 2.83. The number of nitrogens with one attached hydrogen (secondary N) is 1. The number of ether oxygens (including phenoxy) is 1. The Morgan fingerprint density at radius 1 is 1.00 bits per heavy atom. The van der Waals surface area contributed by atoms with Crippen LogP contribution in [-0.4, -0.2) is 20.3 Å². The van der Waals surface area contributed by atoms with E-state index in [9.17, 15) is 0 Å². The van der Waals surface area contributed by atoms with Gasteiger partial charge in [0.25, 0.3) is 0 Å². The van der Waals surface area contributed by atoms with E-state index in [4.69, 9.17) is 33.5 Å². The van der Waals surface area contributed by atoms with Crippen LogP contribution in [0.5, 0.6) is 0 Å². The second-order valence-corrected chi connectivity index (χ2v) is 4.73. The van der Waals surface area contributed by atoms with Gasteiger partial charge in [0.1, 0.15) is 0 Å². The average molecular weight is 309 g/mol. The molecule has 21 heavy (non-hydrogen) atoms. The Morgan fingerprint density at radius 2 is 1.62 bits per heavy atom. The quantitative estimate of drug-likeness (QED) is 0.514. The van der Waals surface area contributed by atoms with E-state index in [0.717, 1.165) is 17.9 Å². The normalized spacial score (nSPS) is 9.62. The number of halogens is 1. The summed E-state index contributed by atoms with van der Waals surface area (Å²) in [5.41, 5.74) is 19.4. The van der Waals surface area contributed by atoms with Gasteiger partial charge in [0.2, 0.25) is 0 Å². The van der Waals surface area contributed by atoms with Crippen molar-refractivity contribution in [1.29, 1.82) is 0 Å². The molecule has 0 aliphatic carbocycles. The third-order valence-corrected chi connectivity index (χ3v) is 2.90. The van der Waals surface area contributed by atoms with Crippen LogP contribution in [0, 0.1) is 0 Å². The monoisotopic (exact) mass is 308 g/mol. The van der Waals surface area contributed by atoms with Crippen molar-refractivity contribution in [3.05, 3.63) is 47.5 Å². The lowest BCUT2D eigenvalue weighted by Crippen LogP contribution is -2.07. The van der Waals surface area contributed by atoms with E-state index in [1.54, 1.807) is 25.3 Å². The zero-order chi connectivity index (χ0) is 15.7. The summed E-state index contributed by atoms with van der Waals surface area (Å²) < 4.78 is 4.90. The molecular formula is C15H21ClN4O. The molecule has 6 heteroatoms. The van der Waals surface area contributed by atoms with Crippen molar-refractivity contribution in [3.63, 3.8) is 0 Å². The molecule has 2 rings (SSSR count). The Balaban J connectivity index is 0.000000219. The van der Waals surface area contributed by atoms with Crippen LogP contribution in [0.4, 0.5) is 22.7 Å². The van der Waals surface area contributed by atoms with Gasteiger partial charge >= 0.3 is 0 Å². The molecule has 0 saturated carbocycles.